The van der Waals surface area contributed by atoms with E-state index >= 15 is 0 Å². The van der Waals surface area contributed by atoms with Crippen molar-refractivity contribution in [2.75, 3.05) is 46.4 Å². The molecular weight excluding hydrogens is 366 g/mol. The molecule has 29 heavy (non-hydrogen) atoms. The third kappa shape index (κ3) is 4.58. The minimum atomic E-state index is 0.0862. The van der Waals surface area contributed by atoms with Crippen molar-refractivity contribution < 1.29 is 14.3 Å². The molecule has 0 aliphatic carbocycles. The van der Waals surface area contributed by atoms with E-state index in [2.05, 4.69) is 9.80 Å². The van der Waals surface area contributed by atoms with E-state index in [0.29, 0.717) is 23.3 Å². The first kappa shape index (κ1) is 20.2. The molecule has 0 radical (unpaired) electrons. The summed E-state index contributed by atoms with van der Waals surface area (Å²) in [5, 5.41) is 0. The number of benzene rings is 1. The van der Waals surface area contributed by atoms with Crippen LogP contribution in [0.3, 0.4) is 0 Å². The lowest BCUT2D eigenvalue weighted by molar-refractivity contribution is -0.136. The van der Waals surface area contributed by atoms with Gasteiger partial charge in [-0.25, -0.2) is 0 Å². The first-order chi connectivity index (χ1) is 14.2. The van der Waals surface area contributed by atoms with Gasteiger partial charge in [0.05, 0.1) is 13.0 Å². The normalized spacial score (nSPS) is 24.0. The number of likely N-dealkylation sites (tertiary alicyclic amines) is 3. The van der Waals surface area contributed by atoms with Gasteiger partial charge in [-0.15, -0.1) is 0 Å². The summed E-state index contributed by atoms with van der Waals surface area (Å²) in [6.07, 6.45) is 6.41. The summed E-state index contributed by atoms with van der Waals surface area (Å²) in [6.45, 7) is 5.42. The Kier molecular flexibility index (Phi) is 6.38. The van der Waals surface area contributed by atoms with E-state index < -0.39 is 0 Å². The summed E-state index contributed by atoms with van der Waals surface area (Å²) in [4.78, 5) is 32.2. The topological polar surface area (TPSA) is 53.1 Å². The van der Waals surface area contributed by atoms with E-state index in [-0.39, 0.29) is 11.8 Å². The second kappa shape index (κ2) is 9.16. The number of carbonyl (C=O) groups is 2. The maximum atomic E-state index is 12.8. The van der Waals surface area contributed by atoms with E-state index in [9.17, 15) is 9.59 Å². The van der Waals surface area contributed by atoms with E-state index in [0.717, 1.165) is 77.8 Å². The molecule has 1 atom stereocenters. The van der Waals surface area contributed by atoms with Gasteiger partial charge in [0.1, 0.15) is 5.75 Å². The van der Waals surface area contributed by atoms with Crippen molar-refractivity contribution in [1.29, 1.82) is 0 Å². The molecule has 2 amide bonds. The molecular formula is C23H33N3O3. The highest BCUT2D eigenvalue weighted by molar-refractivity contribution is 5.94. The van der Waals surface area contributed by atoms with Crippen LogP contribution in [0.4, 0.5) is 0 Å². The van der Waals surface area contributed by atoms with Crippen LogP contribution in [0.15, 0.2) is 24.3 Å². The predicted octanol–water partition coefficient (Wildman–Crippen LogP) is 2.63. The van der Waals surface area contributed by atoms with Gasteiger partial charge in [0.25, 0.3) is 5.91 Å². The molecule has 0 N–H and O–H groups in total. The molecule has 1 aromatic rings. The molecule has 6 heteroatoms. The maximum Gasteiger partial charge on any atom is 0.253 e. The van der Waals surface area contributed by atoms with Crippen LogP contribution in [0.5, 0.6) is 5.75 Å². The van der Waals surface area contributed by atoms with Crippen LogP contribution in [0.2, 0.25) is 0 Å². The van der Waals surface area contributed by atoms with Crippen LogP contribution >= 0.6 is 0 Å². The average Bonchev–Trinajstić information content (AvgIpc) is 3.33. The zero-order chi connectivity index (χ0) is 20.2. The second-order valence-electron chi connectivity index (χ2n) is 8.62. The Hall–Kier alpha value is -2.08. The minimum Gasteiger partial charge on any atom is -0.497 e. The van der Waals surface area contributed by atoms with E-state index in [1.54, 1.807) is 7.11 Å². The fourth-order valence-corrected chi connectivity index (χ4v) is 5.11. The summed E-state index contributed by atoms with van der Waals surface area (Å²) in [5.41, 5.74) is 0.692. The number of ether oxygens (including phenoxy) is 1. The first-order valence-corrected chi connectivity index (χ1v) is 11.1. The molecule has 0 aromatic heterocycles. The fraction of sp³-hybridized carbons (Fsp3) is 0.652. The van der Waals surface area contributed by atoms with Crippen molar-refractivity contribution in [3.05, 3.63) is 29.8 Å². The number of hydrogen-bond donors (Lipinski definition) is 0. The number of nitrogens with zero attached hydrogens (tertiary/aromatic N) is 3. The van der Waals surface area contributed by atoms with Crippen LogP contribution in [0, 0.1) is 5.92 Å². The summed E-state index contributed by atoms with van der Waals surface area (Å²) in [5.74, 6) is 1.34. The van der Waals surface area contributed by atoms with Crippen LogP contribution < -0.4 is 4.74 Å². The molecule has 0 bridgehead atoms. The molecule has 3 saturated heterocycles. The smallest absolute Gasteiger partial charge is 0.253 e. The van der Waals surface area contributed by atoms with Gasteiger partial charge < -0.3 is 14.5 Å². The van der Waals surface area contributed by atoms with Gasteiger partial charge in [-0.2, -0.15) is 0 Å². The number of piperidine rings is 2. The van der Waals surface area contributed by atoms with Crippen molar-refractivity contribution in [3.8, 4) is 5.75 Å². The Labute approximate surface area is 173 Å². The maximum absolute atomic E-state index is 12.8. The Morgan fingerprint density at radius 3 is 2.41 bits per heavy atom. The van der Waals surface area contributed by atoms with Crippen LogP contribution in [-0.2, 0) is 4.79 Å². The van der Waals surface area contributed by atoms with Crippen molar-refractivity contribution in [2.24, 2.45) is 5.92 Å². The lowest BCUT2D eigenvalue weighted by atomic mass is 9.92. The van der Waals surface area contributed by atoms with Crippen molar-refractivity contribution >= 4 is 11.8 Å². The third-order valence-corrected chi connectivity index (χ3v) is 6.80. The van der Waals surface area contributed by atoms with Gasteiger partial charge in [0.15, 0.2) is 0 Å². The molecule has 4 rings (SSSR count). The summed E-state index contributed by atoms with van der Waals surface area (Å²) < 4.78 is 5.25. The first-order valence-electron chi connectivity index (χ1n) is 11.1. The number of amides is 2. The zero-order valence-electron chi connectivity index (χ0n) is 17.5. The van der Waals surface area contributed by atoms with Gasteiger partial charge in [-0.3, -0.25) is 14.5 Å². The Balaban J connectivity index is 1.30. The second-order valence-corrected chi connectivity index (χ2v) is 8.62. The Morgan fingerprint density at radius 1 is 0.931 bits per heavy atom. The lowest BCUT2D eigenvalue weighted by Gasteiger charge is -2.42. The van der Waals surface area contributed by atoms with Gasteiger partial charge >= 0.3 is 0 Å². The Bertz CT molecular complexity index is 724. The number of rotatable bonds is 4. The minimum absolute atomic E-state index is 0.0862. The molecule has 3 heterocycles. The molecule has 3 aliphatic heterocycles. The zero-order valence-corrected chi connectivity index (χ0v) is 17.5. The van der Waals surface area contributed by atoms with E-state index in [1.807, 2.05) is 29.2 Å². The van der Waals surface area contributed by atoms with Crippen molar-refractivity contribution in [3.63, 3.8) is 0 Å². The molecule has 0 unspecified atom stereocenters. The number of methoxy groups -OCH3 is 1. The van der Waals surface area contributed by atoms with Gasteiger partial charge in [-0.05, 0) is 63.3 Å². The predicted molar refractivity (Wildman–Crippen MR) is 112 cm³/mol. The van der Waals surface area contributed by atoms with Crippen LogP contribution in [-0.4, -0.2) is 78.9 Å². The average molecular weight is 400 g/mol. The molecule has 158 valence electrons. The Morgan fingerprint density at radius 2 is 1.69 bits per heavy atom. The molecule has 3 aliphatic rings. The molecule has 1 aromatic carbocycles. The summed E-state index contributed by atoms with van der Waals surface area (Å²) >= 11 is 0. The van der Waals surface area contributed by atoms with Gasteiger partial charge in [0.2, 0.25) is 5.91 Å². The van der Waals surface area contributed by atoms with Crippen LogP contribution in [0.1, 0.15) is 48.9 Å². The lowest BCUT2D eigenvalue weighted by Crippen LogP contribution is -2.51. The van der Waals surface area contributed by atoms with E-state index in [1.165, 1.54) is 0 Å². The molecule has 6 nitrogen and oxygen atoms in total. The largest absolute Gasteiger partial charge is 0.497 e. The molecule has 3 fully saturated rings. The monoisotopic (exact) mass is 399 g/mol. The van der Waals surface area contributed by atoms with E-state index in [4.69, 9.17) is 4.74 Å². The highest BCUT2D eigenvalue weighted by atomic mass is 16.5. The number of carbonyl (C=O) groups excluding carboxylic acids is 2. The number of hydrogen-bond acceptors (Lipinski definition) is 4. The summed E-state index contributed by atoms with van der Waals surface area (Å²) in [6, 6.07) is 7.88. The van der Waals surface area contributed by atoms with Crippen molar-refractivity contribution in [2.45, 2.75) is 44.6 Å². The quantitative estimate of drug-likeness (QED) is 0.781. The highest BCUT2D eigenvalue weighted by Crippen LogP contribution is 2.27. The third-order valence-electron chi connectivity index (χ3n) is 6.80. The van der Waals surface area contributed by atoms with Gasteiger partial charge in [-0.1, -0.05) is 6.07 Å². The SMILES string of the molecule is COc1cccc(C(=O)N2CCC(N3CCC[C@@H](C(=O)N4CCCC4)C3)CC2)c1. The van der Waals surface area contributed by atoms with Crippen molar-refractivity contribution in [1.82, 2.24) is 14.7 Å². The standard InChI is InChI=1S/C23H33N3O3/c1-29-21-8-4-6-18(16-21)22(27)25-14-9-20(10-15-25)26-13-5-7-19(17-26)23(28)24-11-2-3-12-24/h4,6,8,16,19-20H,2-3,5,7,9-15,17H2,1H3/t19-/m1/s1. The molecule has 0 saturated carbocycles. The van der Waals surface area contributed by atoms with Gasteiger partial charge in [0, 0.05) is 44.3 Å². The highest BCUT2D eigenvalue weighted by Gasteiger charge is 2.34. The van der Waals surface area contributed by atoms with Crippen LogP contribution in [0.25, 0.3) is 0 Å². The summed E-state index contributed by atoms with van der Waals surface area (Å²) in [7, 11) is 1.62. The molecule has 0 spiro atoms. The fourth-order valence-electron chi connectivity index (χ4n) is 5.11.